The normalized spacial score (nSPS) is 10.1. The van der Waals surface area contributed by atoms with Gasteiger partial charge in [-0.2, -0.15) is 5.26 Å². The second-order valence-corrected chi connectivity index (χ2v) is 3.61. The number of hydrogen-bond donors (Lipinski definition) is 0. The summed E-state index contributed by atoms with van der Waals surface area (Å²) in [5, 5.41) is 10.5. The molecule has 0 N–H and O–H groups in total. The van der Waals surface area contributed by atoms with Gasteiger partial charge in [0.1, 0.15) is 11.8 Å². The van der Waals surface area contributed by atoms with E-state index in [-0.39, 0.29) is 0 Å². The number of rotatable bonds is 0. The first-order valence-electron chi connectivity index (χ1n) is 3.86. The van der Waals surface area contributed by atoms with Crippen LogP contribution < -0.4 is 0 Å². The first kappa shape index (κ1) is 9.26. The third kappa shape index (κ3) is 1.52. The predicted molar refractivity (Wildman–Crippen MR) is 56.5 cm³/mol. The zero-order valence-corrected chi connectivity index (χ0v) is 8.47. The Bertz CT molecular complexity index is 544. The molecule has 0 saturated carbocycles. The Balaban J connectivity index is 2.84. The highest BCUT2D eigenvalue weighted by molar-refractivity contribution is 6.38. The van der Waals surface area contributed by atoms with Gasteiger partial charge in [0.15, 0.2) is 0 Å². The Hall–Kier alpha value is -1.30. The lowest BCUT2D eigenvalue weighted by molar-refractivity contribution is 1.32. The third-order valence-electron chi connectivity index (χ3n) is 1.83. The van der Waals surface area contributed by atoms with Crippen molar-refractivity contribution in [3.8, 4) is 6.07 Å². The van der Waals surface area contributed by atoms with Gasteiger partial charge in [-0.25, -0.2) is 4.98 Å². The van der Waals surface area contributed by atoms with Crippen LogP contribution in [0.15, 0.2) is 24.3 Å². The molecule has 0 radical (unpaired) electrons. The molecule has 0 aliphatic heterocycles. The van der Waals surface area contributed by atoms with Gasteiger partial charge >= 0.3 is 0 Å². The Morgan fingerprint density at radius 1 is 1.21 bits per heavy atom. The van der Waals surface area contributed by atoms with Crippen molar-refractivity contribution in [2.45, 2.75) is 0 Å². The van der Waals surface area contributed by atoms with Crippen LogP contribution in [0.25, 0.3) is 10.9 Å². The molecule has 1 aromatic heterocycles. The van der Waals surface area contributed by atoms with Crippen molar-refractivity contribution in [3.05, 3.63) is 40.0 Å². The van der Waals surface area contributed by atoms with Crippen molar-refractivity contribution < 1.29 is 0 Å². The van der Waals surface area contributed by atoms with Crippen molar-refractivity contribution in [3.63, 3.8) is 0 Å². The van der Waals surface area contributed by atoms with Gasteiger partial charge in [0.2, 0.25) is 0 Å². The molecule has 2 nitrogen and oxygen atoms in total. The van der Waals surface area contributed by atoms with E-state index in [1.165, 1.54) is 0 Å². The lowest BCUT2D eigenvalue weighted by atomic mass is 10.2. The van der Waals surface area contributed by atoms with Gasteiger partial charge in [-0.1, -0.05) is 23.2 Å². The first-order chi connectivity index (χ1) is 6.70. The van der Waals surface area contributed by atoms with Gasteiger partial charge in [-0.05, 0) is 24.3 Å². The molecule has 0 spiro atoms. The fraction of sp³-hybridized carbons (Fsp3) is 0. The van der Waals surface area contributed by atoms with Crippen LogP contribution in [0.1, 0.15) is 5.69 Å². The molecule has 2 aromatic rings. The van der Waals surface area contributed by atoms with Gasteiger partial charge < -0.3 is 0 Å². The largest absolute Gasteiger partial charge is 0.236 e. The zero-order valence-electron chi connectivity index (χ0n) is 6.96. The highest BCUT2D eigenvalue weighted by atomic mass is 35.5. The molecular formula is C10H4Cl2N2. The molecule has 0 unspecified atom stereocenters. The van der Waals surface area contributed by atoms with Crippen LogP contribution in [0.2, 0.25) is 10.0 Å². The van der Waals surface area contributed by atoms with Crippen molar-refractivity contribution in [1.29, 1.82) is 5.26 Å². The zero-order chi connectivity index (χ0) is 10.1. The summed E-state index contributed by atoms with van der Waals surface area (Å²) in [5.41, 5.74) is 0.955. The SMILES string of the molecule is N#Cc1ccc2cc(Cl)cc(Cl)c2n1. The van der Waals surface area contributed by atoms with Gasteiger partial charge in [0.25, 0.3) is 0 Å². The molecule has 0 saturated heterocycles. The Kier molecular flexibility index (Phi) is 2.28. The summed E-state index contributed by atoms with van der Waals surface area (Å²) >= 11 is 11.8. The van der Waals surface area contributed by atoms with E-state index in [0.29, 0.717) is 21.3 Å². The van der Waals surface area contributed by atoms with E-state index >= 15 is 0 Å². The molecule has 0 aliphatic carbocycles. The number of aromatic nitrogens is 1. The van der Waals surface area contributed by atoms with Crippen LogP contribution in [0.5, 0.6) is 0 Å². The van der Waals surface area contributed by atoms with Crippen LogP contribution in [0.4, 0.5) is 0 Å². The Morgan fingerprint density at radius 2 is 2.00 bits per heavy atom. The molecule has 2 rings (SSSR count). The molecule has 1 heterocycles. The van der Waals surface area contributed by atoms with Gasteiger partial charge in [0, 0.05) is 10.4 Å². The average molecular weight is 223 g/mol. The van der Waals surface area contributed by atoms with E-state index in [1.54, 1.807) is 24.3 Å². The number of benzene rings is 1. The topological polar surface area (TPSA) is 36.7 Å². The maximum atomic E-state index is 8.66. The number of hydrogen-bond acceptors (Lipinski definition) is 2. The minimum atomic E-state index is 0.349. The van der Waals surface area contributed by atoms with Crippen molar-refractivity contribution in [2.24, 2.45) is 0 Å². The van der Waals surface area contributed by atoms with E-state index in [9.17, 15) is 0 Å². The molecule has 14 heavy (non-hydrogen) atoms. The molecule has 1 aromatic carbocycles. The van der Waals surface area contributed by atoms with Gasteiger partial charge in [-0.3, -0.25) is 0 Å². The number of nitrogens with zero attached hydrogens (tertiary/aromatic N) is 2. The molecule has 68 valence electrons. The standard InChI is InChI=1S/C10H4Cl2N2/c11-7-3-6-1-2-8(5-13)14-10(6)9(12)4-7/h1-4H. The lowest BCUT2D eigenvalue weighted by Gasteiger charge is -2.00. The van der Waals surface area contributed by atoms with Gasteiger partial charge in [-0.15, -0.1) is 0 Å². The maximum Gasteiger partial charge on any atom is 0.141 e. The van der Waals surface area contributed by atoms with Crippen LogP contribution in [0.3, 0.4) is 0 Å². The Morgan fingerprint density at radius 3 is 2.71 bits per heavy atom. The van der Waals surface area contributed by atoms with Crippen LogP contribution >= 0.6 is 23.2 Å². The summed E-state index contributed by atoms with van der Waals surface area (Å²) in [5.74, 6) is 0. The summed E-state index contributed by atoms with van der Waals surface area (Å²) in [6.07, 6.45) is 0. The molecule has 0 atom stereocenters. The van der Waals surface area contributed by atoms with Gasteiger partial charge in [0.05, 0.1) is 10.5 Å². The lowest BCUT2D eigenvalue weighted by Crippen LogP contribution is -1.85. The van der Waals surface area contributed by atoms with E-state index in [0.717, 1.165) is 5.39 Å². The van der Waals surface area contributed by atoms with E-state index in [4.69, 9.17) is 28.5 Å². The molecular weight excluding hydrogens is 219 g/mol. The maximum absolute atomic E-state index is 8.66. The summed E-state index contributed by atoms with van der Waals surface area (Å²) in [6.45, 7) is 0. The summed E-state index contributed by atoms with van der Waals surface area (Å²) in [4.78, 5) is 4.08. The van der Waals surface area contributed by atoms with Crippen molar-refractivity contribution >= 4 is 34.1 Å². The van der Waals surface area contributed by atoms with E-state index in [1.807, 2.05) is 6.07 Å². The molecule has 0 bridgehead atoms. The molecule has 0 fully saturated rings. The van der Waals surface area contributed by atoms with Crippen molar-refractivity contribution in [2.75, 3.05) is 0 Å². The highest BCUT2D eigenvalue weighted by Crippen LogP contribution is 2.26. The number of nitriles is 1. The fourth-order valence-electron chi connectivity index (χ4n) is 1.22. The third-order valence-corrected chi connectivity index (χ3v) is 2.33. The highest BCUT2D eigenvalue weighted by Gasteiger charge is 2.03. The summed E-state index contributed by atoms with van der Waals surface area (Å²) in [6, 6.07) is 8.74. The Labute approximate surface area is 90.7 Å². The number of fused-ring (bicyclic) bond motifs is 1. The average Bonchev–Trinajstić information content (AvgIpc) is 2.17. The van der Waals surface area contributed by atoms with Crippen molar-refractivity contribution in [1.82, 2.24) is 4.98 Å². The minimum absolute atomic E-state index is 0.349. The number of halogens is 2. The monoisotopic (exact) mass is 222 g/mol. The summed E-state index contributed by atoms with van der Waals surface area (Å²) in [7, 11) is 0. The number of pyridine rings is 1. The molecule has 4 heteroatoms. The van der Waals surface area contributed by atoms with Crippen LogP contribution in [-0.4, -0.2) is 4.98 Å². The molecule has 0 aliphatic rings. The van der Waals surface area contributed by atoms with Crippen LogP contribution in [0, 0.1) is 11.3 Å². The first-order valence-corrected chi connectivity index (χ1v) is 4.62. The fourth-order valence-corrected chi connectivity index (χ4v) is 1.77. The minimum Gasteiger partial charge on any atom is -0.236 e. The quantitative estimate of drug-likeness (QED) is 0.686. The second-order valence-electron chi connectivity index (χ2n) is 2.77. The summed E-state index contributed by atoms with van der Waals surface area (Å²) < 4.78 is 0. The van der Waals surface area contributed by atoms with Crippen LogP contribution in [-0.2, 0) is 0 Å². The molecule has 0 amide bonds. The van der Waals surface area contributed by atoms with E-state index in [2.05, 4.69) is 4.98 Å². The van der Waals surface area contributed by atoms with E-state index < -0.39 is 0 Å². The predicted octanol–water partition coefficient (Wildman–Crippen LogP) is 3.41. The second kappa shape index (κ2) is 3.45. The smallest absolute Gasteiger partial charge is 0.141 e.